The normalized spacial score (nSPS) is 23.7. The van der Waals surface area contributed by atoms with Crippen LogP contribution in [0.4, 0.5) is 0 Å². The number of carboxylic acids is 1. The van der Waals surface area contributed by atoms with Crippen LogP contribution >= 0.6 is 0 Å². The van der Waals surface area contributed by atoms with Gasteiger partial charge in [0.15, 0.2) is 0 Å². The summed E-state index contributed by atoms with van der Waals surface area (Å²) < 4.78 is 30.9. The molecule has 0 spiro atoms. The van der Waals surface area contributed by atoms with Gasteiger partial charge >= 0.3 is 5.97 Å². The second kappa shape index (κ2) is 6.71. The largest absolute Gasteiger partial charge is 0.481 e. The van der Waals surface area contributed by atoms with E-state index >= 15 is 0 Å². The van der Waals surface area contributed by atoms with Gasteiger partial charge < -0.3 is 15.2 Å². The van der Waals surface area contributed by atoms with Crippen LogP contribution in [0.5, 0.6) is 0 Å². The third-order valence-corrected chi connectivity index (χ3v) is 5.41. The molecule has 2 fully saturated rings. The lowest BCUT2D eigenvalue weighted by molar-refractivity contribution is -0.137. The Balaban J connectivity index is 1.98. The van der Waals surface area contributed by atoms with Crippen molar-refractivity contribution in [2.75, 3.05) is 25.5 Å². The van der Waals surface area contributed by atoms with Crippen molar-refractivity contribution in [1.82, 2.24) is 9.62 Å². The summed E-state index contributed by atoms with van der Waals surface area (Å²) in [7, 11) is -3.66. The molecule has 0 aromatic heterocycles. The monoisotopic (exact) mass is 320 g/mol. The first-order valence-corrected chi connectivity index (χ1v) is 8.60. The van der Waals surface area contributed by atoms with E-state index in [4.69, 9.17) is 9.84 Å². The Hall–Kier alpha value is -1.19. The lowest BCUT2D eigenvalue weighted by Gasteiger charge is -2.33. The van der Waals surface area contributed by atoms with E-state index in [1.807, 2.05) is 0 Å². The fourth-order valence-electron chi connectivity index (χ4n) is 2.18. The van der Waals surface area contributed by atoms with Gasteiger partial charge in [-0.15, -0.1) is 0 Å². The number of ether oxygens (including phenoxy) is 1. The standard InChI is InChI=1S/C12H20N2O6S/c15-11(16)2-1-7-21(18,19)14-5-6-20-8-10(14)12(17)13-9-3-4-9/h9-10H,1-8H2,(H,13,17)(H,15,16). The molecule has 1 saturated carbocycles. The number of morpholine rings is 1. The lowest BCUT2D eigenvalue weighted by Crippen LogP contribution is -2.56. The zero-order valence-corrected chi connectivity index (χ0v) is 12.5. The molecular formula is C12H20N2O6S. The number of carbonyl (C=O) groups excluding carboxylic acids is 1. The van der Waals surface area contributed by atoms with Crippen molar-refractivity contribution in [1.29, 1.82) is 0 Å². The highest BCUT2D eigenvalue weighted by molar-refractivity contribution is 7.89. The van der Waals surface area contributed by atoms with Gasteiger partial charge in [0.25, 0.3) is 0 Å². The van der Waals surface area contributed by atoms with Crippen molar-refractivity contribution in [2.24, 2.45) is 0 Å². The predicted molar refractivity (Wildman–Crippen MR) is 73.1 cm³/mol. The van der Waals surface area contributed by atoms with E-state index in [0.29, 0.717) is 0 Å². The topological polar surface area (TPSA) is 113 Å². The van der Waals surface area contributed by atoms with Crippen LogP contribution in [-0.4, -0.2) is 67.3 Å². The first-order chi connectivity index (χ1) is 9.90. The highest BCUT2D eigenvalue weighted by Crippen LogP contribution is 2.21. The van der Waals surface area contributed by atoms with E-state index in [1.54, 1.807) is 0 Å². The average Bonchev–Trinajstić information content (AvgIpc) is 3.22. The smallest absolute Gasteiger partial charge is 0.303 e. The summed E-state index contributed by atoms with van der Waals surface area (Å²) in [6.07, 6.45) is 1.67. The fourth-order valence-corrected chi connectivity index (χ4v) is 3.82. The Morgan fingerprint density at radius 2 is 2.05 bits per heavy atom. The van der Waals surface area contributed by atoms with Gasteiger partial charge in [-0.3, -0.25) is 9.59 Å². The zero-order chi connectivity index (χ0) is 15.5. The summed E-state index contributed by atoms with van der Waals surface area (Å²) in [5.41, 5.74) is 0. The van der Waals surface area contributed by atoms with Gasteiger partial charge in [-0.05, 0) is 19.3 Å². The first-order valence-electron chi connectivity index (χ1n) is 6.99. The van der Waals surface area contributed by atoms with E-state index in [1.165, 1.54) is 0 Å². The zero-order valence-electron chi connectivity index (χ0n) is 11.7. The highest BCUT2D eigenvalue weighted by Gasteiger charge is 2.38. The Kier molecular flexibility index (Phi) is 5.17. The number of aliphatic carboxylic acids is 1. The Labute approximate surface area is 123 Å². The maximum absolute atomic E-state index is 12.3. The molecule has 1 aliphatic carbocycles. The average molecular weight is 320 g/mol. The quantitative estimate of drug-likeness (QED) is 0.632. The molecule has 8 nitrogen and oxygen atoms in total. The van der Waals surface area contributed by atoms with Crippen LogP contribution in [0.25, 0.3) is 0 Å². The van der Waals surface area contributed by atoms with Gasteiger partial charge in [0.2, 0.25) is 15.9 Å². The number of amides is 1. The summed E-state index contributed by atoms with van der Waals surface area (Å²) in [4.78, 5) is 22.6. The van der Waals surface area contributed by atoms with Gasteiger partial charge in [0.05, 0.1) is 19.0 Å². The maximum atomic E-state index is 12.3. The summed E-state index contributed by atoms with van der Waals surface area (Å²) >= 11 is 0. The second-order valence-corrected chi connectivity index (χ2v) is 7.34. The molecular weight excluding hydrogens is 300 g/mol. The van der Waals surface area contributed by atoms with E-state index in [2.05, 4.69) is 5.32 Å². The molecule has 120 valence electrons. The maximum Gasteiger partial charge on any atom is 0.303 e. The molecule has 1 aliphatic heterocycles. The molecule has 0 radical (unpaired) electrons. The number of nitrogens with one attached hydrogen (secondary N) is 1. The number of sulfonamides is 1. The number of carboxylic acid groups (broad SMARTS) is 1. The summed E-state index contributed by atoms with van der Waals surface area (Å²) in [5, 5.41) is 11.4. The molecule has 9 heteroatoms. The van der Waals surface area contributed by atoms with E-state index in [9.17, 15) is 18.0 Å². The molecule has 0 aromatic rings. The van der Waals surface area contributed by atoms with Crippen LogP contribution in [0.15, 0.2) is 0 Å². The van der Waals surface area contributed by atoms with Crippen molar-refractivity contribution < 1.29 is 27.9 Å². The molecule has 21 heavy (non-hydrogen) atoms. The first kappa shape index (κ1) is 16.2. The predicted octanol–water partition coefficient (Wildman–Crippen LogP) is -0.840. The van der Waals surface area contributed by atoms with E-state index < -0.39 is 22.0 Å². The van der Waals surface area contributed by atoms with Crippen LogP contribution in [0.3, 0.4) is 0 Å². The van der Waals surface area contributed by atoms with Crippen molar-refractivity contribution >= 4 is 21.9 Å². The fraction of sp³-hybridized carbons (Fsp3) is 0.833. The molecule has 1 amide bonds. The molecule has 1 unspecified atom stereocenters. The van der Waals surface area contributed by atoms with Crippen molar-refractivity contribution in [2.45, 2.75) is 37.8 Å². The molecule has 2 aliphatic rings. The minimum absolute atomic E-state index is 0.0337. The van der Waals surface area contributed by atoms with Gasteiger partial charge in [0, 0.05) is 19.0 Å². The van der Waals surface area contributed by atoms with Gasteiger partial charge in [-0.25, -0.2) is 8.42 Å². The number of hydrogen-bond donors (Lipinski definition) is 2. The van der Waals surface area contributed by atoms with Crippen LogP contribution in [-0.2, 0) is 24.3 Å². The van der Waals surface area contributed by atoms with Crippen molar-refractivity contribution in [3.8, 4) is 0 Å². The SMILES string of the molecule is O=C(O)CCCS(=O)(=O)N1CCOCC1C(=O)NC1CC1. The van der Waals surface area contributed by atoms with Crippen LogP contribution in [0, 0.1) is 0 Å². The Morgan fingerprint density at radius 1 is 1.33 bits per heavy atom. The van der Waals surface area contributed by atoms with Gasteiger partial charge in [0.1, 0.15) is 6.04 Å². The van der Waals surface area contributed by atoms with Crippen molar-refractivity contribution in [3.05, 3.63) is 0 Å². The third kappa shape index (κ3) is 4.65. The van der Waals surface area contributed by atoms with Crippen LogP contribution in [0.1, 0.15) is 25.7 Å². The minimum atomic E-state index is -3.66. The molecule has 0 bridgehead atoms. The lowest BCUT2D eigenvalue weighted by atomic mass is 10.2. The Bertz CT molecular complexity index is 502. The van der Waals surface area contributed by atoms with E-state index in [-0.39, 0.29) is 50.3 Å². The molecule has 1 atom stereocenters. The molecule has 2 N–H and O–H groups in total. The molecule has 2 rings (SSSR count). The highest BCUT2D eigenvalue weighted by atomic mass is 32.2. The number of carbonyl (C=O) groups is 2. The van der Waals surface area contributed by atoms with Crippen LogP contribution < -0.4 is 5.32 Å². The summed E-state index contributed by atoms with van der Waals surface area (Å²) in [6.45, 7) is 0.403. The molecule has 0 aromatic carbocycles. The van der Waals surface area contributed by atoms with Gasteiger partial charge in [-0.2, -0.15) is 4.31 Å². The van der Waals surface area contributed by atoms with Crippen LogP contribution in [0.2, 0.25) is 0 Å². The van der Waals surface area contributed by atoms with E-state index in [0.717, 1.165) is 17.1 Å². The number of nitrogens with zero attached hydrogens (tertiary/aromatic N) is 1. The summed E-state index contributed by atoms with van der Waals surface area (Å²) in [5.74, 6) is -1.64. The minimum Gasteiger partial charge on any atom is -0.481 e. The number of hydrogen-bond acceptors (Lipinski definition) is 5. The Morgan fingerprint density at radius 3 is 2.67 bits per heavy atom. The molecule has 1 saturated heterocycles. The number of rotatable bonds is 7. The molecule has 1 heterocycles. The third-order valence-electron chi connectivity index (χ3n) is 3.46. The van der Waals surface area contributed by atoms with Crippen molar-refractivity contribution in [3.63, 3.8) is 0 Å². The summed E-state index contributed by atoms with van der Waals surface area (Å²) in [6, 6.07) is -0.704. The second-order valence-electron chi connectivity index (χ2n) is 5.30. The van der Waals surface area contributed by atoms with Gasteiger partial charge in [-0.1, -0.05) is 0 Å².